The molecule has 0 spiro atoms. The molecule has 0 amide bonds. The van der Waals surface area contributed by atoms with Crippen molar-refractivity contribution in [3.63, 3.8) is 0 Å². The summed E-state index contributed by atoms with van der Waals surface area (Å²) in [4.78, 5) is 13.4. The van der Waals surface area contributed by atoms with Crippen LogP contribution < -0.4 is 5.32 Å². The third kappa shape index (κ3) is 4.22. The van der Waals surface area contributed by atoms with Crippen molar-refractivity contribution in [2.75, 3.05) is 5.32 Å². The summed E-state index contributed by atoms with van der Waals surface area (Å²) in [6, 6.07) is 14.4. The third-order valence-corrected chi connectivity index (χ3v) is 4.81. The van der Waals surface area contributed by atoms with Crippen LogP contribution in [-0.4, -0.2) is 24.9 Å². The number of hydrogen-bond donors (Lipinski definition) is 1. The minimum atomic E-state index is 0.814. The number of benzene rings is 1. The number of amidine groups is 1. The van der Waals surface area contributed by atoms with Crippen molar-refractivity contribution in [3.8, 4) is 11.5 Å². The lowest BCUT2D eigenvalue weighted by atomic mass is 10.1. The lowest BCUT2D eigenvalue weighted by Gasteiger charge is -2.13. The molecule has 4 aromatic rings. The number of aliphatic imine (C=N–C) groups is 1. The second kappa shape index (κ2) is 8.61. The molecule has 1 N–H and O–H groups in total. The first kappa shape index (κ1) is 19.4. The van der Waals surface area contributed by atoms with Gasteiger partial charge in [-0.15, -0.1) is 0 Å². The van der Waals surface area contributed by atoms with Crippen LogP contribution in [0.2, 0.25) is 0 Å². The van der Waals surface area contributed by atoms with Crippen molar-refractivity contribution >= 4 is 17.2 Å². The topological polar surface area (TPSA) is 60.0 Å². The summed E-state index contributed by atoms with van der Waals surface area (Å²) in [6.07, 6.45) is 13.2. The molecule has 4 rings (SSSR count). The minimum absolute atomic E-state index is 0.814. The summed E-state index contributed by atoms with van der Waals surface area (Å²) in [6.45, 7) is 6.04. The van der Waals surface area contributed by atoms with Gasteiger partial charge in [0.15, 0.2) is 0 Å². The van der Waals surface area contributed by atoms with Gasteiger partial charge in [0.25, 0.3) is 0 Å². The Kier molecular flexibility index (Phi) is 5.57. The highest BCUT2D eigenvalue weighted by molar-refractivity contribution is 5.97. The number of anilines is 1. The Hall–Kier alpha value is -3.93. The zero-order valence-electron chi connectivity index (χ0n) is 17.3. The number of allylic oxidation sites excluding steroid dienone is 1. The predicted octanol–water partition coefficient (Wildman–Crippen LogP) is 5.26. The van der Waals surface area contributed by atoms with E-state index in [-0.39, 0.29) is 0 Å². The van der Waals surface area contributed by atoms with Gasteiger partial charge in [0.1, 0.15) is 18.0 Å². The number of nitrogens with zero attached hydrogens (tertiary/aromatic N) is 5. The van der Waals surface area contributed by atoms with Gasteiger partial charge in [-0.2, -0.15) is 0 Å². The molecule has 0 atom stereocenters. The molecule has 150 valence electrons. The van der Waals surface area contributed by atoms with Gasteiger partial charge in [0.2, 0.25) is 0 Å². The van der Waals surface area contributed by atoms with Gasteiger partial charge >= 0.3 is 0 Å². The molecule has 6 nitrogen and oxygen atoms in total. The molecule has 0 aliphatic heterocycles. The van der Waals surface area contributed by atoms with Gasteiger partial charge in [-0.25, -0.2) is 15.0 Å². The van der Waals surface area contributed by atoms with E-state index in [9.17, 15) is 0 Å². The Morgan fingerprint density at radius 3 is 2.57 bits per heavy atom. The molecule has 3 aromatic heterocycles. The van der Waals surface area contributed by atoms with E-state index in [2.05, 4.69) is 45.0 Å². The van der Waals surface area contributed by atoms with Gasteiger partial charge in [0.05, 0.1) is 5.70 Å². The van der Waals surface area contributed by atoms with Gasteiger partial charge in [-0.05, 0) is 62.7 Å². The maximum atomic E-state index is 4.79. The number of hydrogen-bond acceptors (Lipinski definition) is 3. The van der Waals surface area contributed by atoms with Crippen LogP contribution in [0, 0.1) is 6.92 Å². The van der Waals surface area contributed by atoms with Crippen LogP contribution in [0.25, 0.3) is 17.2 Å². The zero-order chi connectivity index (χ0) is 20.9. The van der Waals surface area contributed by atoms with Crippen molar-refractivity contribution in [3.05, 3.63) is 97.0 Å². The van der Waals surface area contributed by atoms with Crippen LogP contribution in [0.5, 0.6) is 0 Å². The molecule has 0 saturated carbocycles. The number of imidazole rings is 1. The molecule has 1 aromatic carbocycles. The van der Waals surface area contributed by atoms with Crippen LogP contribution >= 0.6 is 0 Å². The standard InChI is InChI=1S/C24H24N6/c1-4-22(20-8-10-24(26-16-20)30-14-11-25-17-30)27-19(3)28-23-15-21(9-7-18(23)2)29-12-5-6-13-29/h4-17H,1-3H3,(H,27,28)/b22-4-. The van der Waals surface area contributed by atoms with Crippen LogP contribution in [-0.2, 0) is 0 Å². The first-order valence-electron chi connectivity index (χ1n) is 9.81. The van der Waals surface area contributed by atoms with Gasteiger partial charge in [-0.3, -0.25) is 4.57 Å². The molecule has 30 heavy (non-hydrogen) atoms. The molecular formula is C24H24N6. The van der Waals surface area contributed by atoms with Crippen LogP contribution in [0.4, 0.5) is 5.69 Å². The zero-order valence-corrected chi connectivity index (χ0v) is 17.3. The molecule has 0 aliphatic carbocycles. The summed E-state index contributed by atoms with van der Waals surface area (Å²) >= 11 is 0. The van der Waals surface area contributed by atoms with Crippen LogP contribution in [0.1, 0.15) is 25.0 Å². The fraction of sp³-hybridized carbons (Fsp3) is 0.125. The largest absolute Gasteiger partial charge is 0.344 e. The minimum Gasteiger partial charge on any atom is -0.344 e. The Bertz CT molecular complexity index is 1170. The van der Waals surface area contributed by atoms with Gasteiger partial charge in [0, 0.05) is 47.9 Å². The molecule has 0 unspecified atom stereocenters. The maximum absolute atomic E-state index is 4.79. The average molecular weight is 396 g/mol. The lowest BCUT2D eigenvalue weighted by Crippen LogP contribution is -2.09. The SMILES string of the molecule is C/C=C(\N=C(C)Nc1cc(-n2cccc2)ccc1C)c1ccc(-n2ccnc2)nc1. The van der Waals surface area contributed by atoms with E-state index in [0.29, 0.717) is 0 Å². The number of aryl methyl sites for hydroxylation is 1. The van der Waals surface area contributed by atoms with Crippen molar-refractivity contribution in [2.24, 2.45) is 4.99 Å². The highest BCUT2D eigenvalue weighted by Crippen LogP contribution is 2.21. The second-order valence-electron chi connectivity index (χ2n) is 6.96. The second-order valence-corrected chi connectivity index (χ2v) is 6.96. The molecule has 6 heteroatoms. The molecule has 0 saturated heterocycles. The van der Waals surface area contributed by atoms with Gasteiger partial charge in [-0.1, -0.05) is 12.1 Å². The molecule has 3 heterocycles. The summed E-state index contributed by atoms with van der Waals surface area (Å²) in [5, 5.41) is 3.44. The summed E-state index contributed by atoms with van der Waals surface area (Å²) in [5.41, 5.74) is 5.12. The van der Waals surface area contributed by atoms with E-state index >= 15 is 0 Å². The molecule has 0 aliphatic rings. The summed E-state index contributed by atoms with van der Waals surface area (Å²) < 4.78 is 3.96. The van der Waals surface area contributed by atoms with E-state index in [1.54, 1.807) is 12.5 Å². The fourth-order valence-corrected chi connectivity index (χ4v) is 3.20. The monoisotopic (exact) mass is 396 g/mol. The highest BCUT2D eigenvalue weighted by Gasteiger charge is 2.06. The third-order valence-electron chi connectivity index (χ3n) is 4.81. The van der Waals surface area contributed by atoms with Crippen molar-refractivity contribution in [1.82, 2.24) is 19.1 Å². The molecular weight excluding hydrogens is 372 g/mol. The molecule has 0 radical (unpaired) electrons. The Morgan fingerprint density at radius 2 is 1.90 bits per heavy atom. The van der Waals surface area contributed by atoms with Crippen molar-refractivity contribution < 1.29 is 0 Å². The van der Waals surface area contributed by atoms with Gasteiger partial charge < -0.3 is 9.88 Å². The fourth-order valence-electron chi connectivity index (χ4n) is 3.20. The van der Waals surface area contributed by atoms with E-state index in [1.807, 2.05) is 73.5 Å². The summed E-state index contributed by atoms with van der Waals surface area (Å²) in [5.74, 6) is 1.64. The van der Waals surface area contributed by atoms with E-state index in [4.69, 9.17) is 4.99 Å². The smallest absolute Gasteiger partial charge is 0.137 e. The van der Waals surface area contributed by atoms with E-state index in [0.717, 1.165) is 39.9 Å². The van der Waals surface area contributed by atoms with E-state index in [1.165, 1.54) is 0 Å². The number of aromatic nitrogens is 4. The number of pyridine rings is 1. The van der Waals surface area contributed by atoms with Crippen LogP contribution in [0.15, 0.2) is 90.8 Å². The average Bonchev–Trinajstić information content (AvgIpc) is 3.48. The quantitative estimate of drug-likeness (QED) is 0.370. The lowest BCUT2D eigenvalue weighted by molar-refractivity contribution is 0.991. The van der Waals surface area contributed by atoms with Crippen LogP contribution in [0.3, 0.4) is 0 Å². The highest BCUT2D eigenvalue weighted by atomic mass is 15.1. The maximum Gasteiger partial charge on any atom is 0.137 e. The first-order valence-corrected chi connectivity index (χ1v) is 9.81. The van der Waals surface area contributed by atoms with Crippen molar-refractivity contribution in [1.29, 1.82) is 0 Å². The Labute approximate surface area is 176 Å². The van der Waals surface area contributed by atoms with Crippen molar-refractivity contribution in [2.45, 2.75) is 20.8 Å². The van der Waals surface area contributed by atoms with E-state index < -0.39 is 0 Å². The first-order chi connectivity index (χ1) is 14.6. The number of nitrogens with one attached hydrogen (secondary N) is 1. The Balaban J connectivity index is 1.54. The number of rotatable bonds is 5. The molecule has 0 bridgehead atoms. The predicted molar refractivity (Wildman–Crippen MR) is 122 cm³/mol. The molecule has 0 fully saturated rings. The summed E-state index contributed by atoms with van der Waals surface area (Å²) in [7, 11) is 0. The normalized spacial score (nSPS) is 12.2. The Morgan fingerprint density at radius 1 is 1.07 bits per heavy atom.